The van der Waals surface area contributed by atoms with Gasteiger partial charge in [-0.2, -0.15) is 0 Å². The first-order valence-corrected chi connectivity index (χ1v) is 7.86. The maximum absolute atomic E-state index is 11.1. The second-order valence-corrected chi connectivity index (χ2v) is 6.64. The maximum atomic E-state index is 11.1. The van der Waals surface area contributed by atoms with Crippen LogP contribution in [0.1, 0.15) is 15.9 Å². The van der Waals surface area contributed by atoms with E-state index in [-0.39, 0.29) is 12.0 Å². The molecule has 0 heterocycles. The first kappa shape index (κ1) is 15.8. The van der Waals surface area contributed by atoms with Crippen LogP contribution in [0.4, 0.5) is 0 Å². The van der Waals surface area contributed by atoms with Crippen molar-refractivity contribution in [2.45, 2.75) is 16.2 Å². The maximum Gasteiger partial charge on any atom is 0.335 e. The van der Waals surface area contributed by atoms with E-state index >= 15 is 0 Å². The van der Waals surface area contributed by atoms with E-state index in [1.165, 1.54) is 17.8 Å². The molecule has 6 heteroatoms. The van der Waals surface area contributed by atoms with Crippen molar-refractivity contribution in [3.63, 3.8) is 0 Å². The monoisotopic (exact) mass is 414 g/mol. The summed E-state index contributed by atoms with van der Waals surface area (Å²) < 4.78 is 1.13. The Balaban J connectivity index is 2.30. The molecule has 108 valence electrons. The summed E-state index contributed by atoms with van der Waals surface area (Å²) in [6, 6.07) is 12.7. The Morgan fingerprint density at radius 1 is 1.00 bits per heavy atom. The van der Waals surface area contributed by atoms with Gasteiger partial charge in [-0.05, 0) is 70.6 Å². The Hall–Kier alpha value is -1.54. The lowest BCUT2D eigenvalue weighted by Crippen LogP contribution is -2.07. The number of aliphatic carboxylic acids is 1. The highest BCUT2D eigenvalue weighted by atomic mass is 127. The zero-order valence-corrected chi connectivity index (χ0v) is 13.7. The van der Waals surface area contributed by atoms with Gasteiger partial charge in [0.05, 0.1) is 12.0 Å². The Bertz CT molecular complexity index is 683. The largest absolute Gasteiger partial charge is 0.481 e. The number of hydrogen-bond acceptors (Lipinski definition) is 3. The summed E-state index contributed by atoms with van der Waals surface area (Å²) in [6.45, 7) is 0. The third-order valence-electron chi connectivity index (χ3n) is 2.70. The normalized spacial score (nSPS) is 10.3. The van der Waals surface area contributed by atoms with E-state index in [0.29, 0.717) is 5.56 Å². The molecule has 4 nitrogen and oxygen atoms in total. The molecule has 0 radical (unpaired) electrons. The highest BCUT2D eigenvalue weighted by Crippen LogP contribution is 2.29. The summed E-state index contributed by atoms with van der Waals surface area (Å²) in [4.78, 5) is 23.8. The fourth-order valence-electron chi connectivity index (χ4n) is 1.79. The molecule has 0 amide bonds. The van der Waals surface area contributed by atoms with Crippen LogP contribution in [0.5, 0.6) is 0 Å². The van der Waals surface area contributed by atoms with Gasteiger partial charge < -0.3 is 10.2 Å². The average Bonchev–Trinajstić information content (AvgIpc) is 2.40. The van der Waals surface area contributed by atoms with E-state index in [0.717, 1.165) is 13.4 Å². The lowest BCUT2D eigenvalue weighted by Gasteiger charge is -2.07. The van der Waals surface area contributed by atoms with Crippen LogP contribution in [0.15, 0.2) is 52.3 Å². The van der Waals surface area contributed by atoms with Crippen LogP contribution in [-0.4, -0.2) is 22.2 Å². The summed E-state index contributed by atoms with van der Waals surface area (Å²) in [7, 11) is 0. The molecule has 0 aliphatic rings. The zero-order chi connectivity index (χ0) is 15.4. The molecule has 0 aliphatic carbocycles. The van der Waals surface area contributed by atoms with Gasteiger partial charge in [-0.25, -0.2) is 4.79 Å². The fraction of sp³-hybridized carbons (Fsp3) is 0.0667. The van der Waals surface area contributed by atoms with E-state index in [1.807, 2.05) is 24.3 Å². The first-order valence-electron chi connectivity index (χ1n) is 5.97. The Morgan fingerprint density at radius 3 is 2.19 bits per heavy atom. The van der Waals surface area contributed by atoms with Crippen molar-refractivity contribution in [1.82, 2.24) is 0 Å². The van der Waals surface area contributed by atoms with Gasteiger partial charge in [0.25, 0.3) is 0 Å². The number of hydrogen-bond donors (Lipinski definition) is 2. The van der Waals surface area contributed by atoms with Crippen molar-refractivity contribution in [1.29, 1.82) is 0 Å². The number of carboxylic acid groups (broad SMARTS) is 2. The average molecular weight is 414 g/mol. The minimum Gasteiger partial charge on any atom is -0.481 e. The Kier molecular flexibility index (Phi) is 5.24. The topological polar surface area (TPSA) is 74.6 Å². The van der Waals surface area contributed by atoms with Crippen LogP contribution < -0.4 is 0 Å². The van der Waals surface area contributed by atoms with Crippen molar-refractivity contribution in [3.8, 4) is 0 Å². The second-order valence-electron chi connectivity index (χ2n) is 4.25. The van der Waals surface area contributed by atoms with Gasteiger partial charge in [-0.15, -0.1) is 0 Å². The van der Waals surface area contributed by atoms with Gasteiger partial charge >= 0.3 is 11.9 Å². The Morgan fingerprint density at radius 2 is 1.62 bits per heavy atom. The van der Waals surface area contributed by atoms with Gasteiger partial charge in [0, 0.05) is 13.4 Å². The van der Waals surface area contributed by atoms with Crippen LogP contribution in [0.3, 0.4) is 0 Å². The van der Waals surface area contributed by atoms with Crippen LogP contribution in [0.2, 0.25) is 0 Å². The first-order chi connectivity index (χ1) is 9.95. The number of carboxylic acids is 2. The third-order valence-corrected chi connectivity index (χ3v) is 4.41. The SMILES string of the molecule is O=C(O)Cc1cc(Sc2ccc(I)cc2)ccc1C(=O)O. The molecule has 0 fully saturated rings. The van der Waals surface area contributed by atoms with E-state index in [4.69, 9.17) is 10.2 Å². The zero-order valence-electron chi connectivity index (χ0n) is 10.7. The second kappa shape index (κ2) is 6.95. The van der Waals surface area contributed by atoms with E-state index in [1.54, 1.807) is 12.1 Å². The number of aromatic carboxylic acids is 1. The molecule has 0 aliphatic heterocycles. The number of carbonyl (C=O) groups is 2. The van der Waals surface area contributed by atoms with Crippen molar-refractivity contribution in [2.24, 2.45) is 0 Å². The summed E-state index contributed by atoms with van der Waals surface area (Å²) in [6.07, 6.45) is -0.303. The molecular weight excluding hydrogens is 403 g/mol. The van der Waals surface area contributed by atoms with Gasteiger partial charge in [0.1, 0.15) is 0 Å². The fourth-order valence-corrected chi connectivity index (χ4v) is 3.03. The minimum atomic E-state index is -1.11. The van der Waals surface area contributed by atoms with Gasteiger partial charge in [-0.3, -0.25) is 4.79 Å². The molecular formula is C15H11IO4S. The van der Waals surface area contributed by atoms with Crippen LogP contribution in [0, 0.1) is 3.57 Å². The van der Waals surface area contributed by atoms with Gasteiger partial charge in [-0.1, -0.05) is 11.8 Å². The Labute approximate surface area is 139 Å². The molecule has 0 bridgehead atoms. The van der Waals surface area contributed by atoms with Crippen molar-refractivity contribution < 1.29 is 19.8 Å². The number of benzene rings is 2. The van der Waals surface area contributed by atoms with Crippen LogP contribution in [-0.2, 0) is 11.2 Å². The lowest BCUT2D eigenvalue weighted by molar-refractivity contribution is -0.136. The summed E-state index contributed by atoms with van der Waals surface area (Å²) in [5.41, 5.74) is 0.342. The highest BCUT2D eigenvalue weighted by Gasteiger charge is 2.13. The highest BCUT2D eigenvalue weighted by molar-refractivity contribution is 14.1. The molecule has 2 aromatic rings. The van der Waals surface area contributed by atoms with E-state index < -0.39 is 11.9 Å². The standard InChI is InChI=1S/C15H11IO4S/c16-10-1-3-11(4-2-10)21-12-5-6-13(15(19)20)9(7-12)8-14(17)18/h1-7H,8H2,(H,17,18)(H,19,20). The molecule has 0 atom stereocenters. The van der Waals surface area contributed by atoms with Crippen molar-refractivity contribution >= 4 is 46.3 Å². The van der Waals surface area contributed by atoms with E-state index in [2.05, 4.69) is 22.6 Å². The van der Waals surface area contributed by atoms with Gasteiger partial charge in [0.2, 0.25) is 0 Å². The molecule has 0 spiro atoms. The third kappa shape index (κ3) is 4.47. The summed E-state index contributed by atoms with van der Waals surface area (Å²) in [5.74, 6) is -2.16. The molecule has 0 unspecified atom stereocenters. The summed E-state index contributed by atoms with van der Waals surface area (Å²) >= 11 is 3.69. The predicted molar refractivity (Wildman–Crippen MR) is 88.0 cm³/mol. The molecule has 2 N–H and O–H groups in total. The van der Waals surface area contributed by atoms with Crippen molar-refractivity contribution in [2.75, 3.05) is 0 Å². The summed E-state index contributed by atoms with van der Waals surface area (Å²) in [5, 5.41) is 18.0. The predicted octanol–water partition coefficient (Wildman–Crippen LogP) is 3.77. The van der Waals surface area contributed by atoms with Gasteiger partial charge in [0.15, 0.2) is 0 Å². The lowest BCUT2D eigenvalue weighted by atomic mass is 10.1. The molecule has 0 saturated heterocycles. The quantitative estimate of drug-likeness (QED) is 0.729. The molecule has 2 aromatic carbocycles. The van der Waals surface area contributed by atoms with Crippen LogP contribution in [0.25, 0.3) is 0 Å². The molecule has 2 rings (SSSR count). The smallest absolute Gasteiger partial charge is 0.335 e. The van der Waals surface area contributed by atoms with Crippen molar-refractivity contribution in [3.05, 3.63) is 57.2 Å². The number of rotatable bonds is 5. The van der Waals surface area contributed by atoms with E-state index in [9.17, 15) is 9.59 Å². The molecule has 0 aromatic heterocycles. The minimum absolute atomic E-state index is 0.0318. The van der Waals surface area contributed by atoms with Crippen LogP contribution >= 0.6 is 34.4 Å². The number of halogens is 1. The molecule has 21 heavy (non-hydrogen) atoms. The molecule has 0 saturated carbocycles.